The second kappa shape index (κ2) is 9.30. The lowest BCUT2D eigenvalue weighted by Crippen LogP contribution is -2.40. The summed E-state index contributed by atoms with van der Waals surface area (Å²) < 4.78 is 43.4. The first-order valence-corrected chi connectivity index (χ1v) is 12.5. The number of nitrogens with one attached hydrogen (secondary N) is 1. The van der Waals surface area contributed by atoms with E-state index >= 15 is 0 Å². The molecule has 3 heterocycles. The fourth-order valence-electron chi connectivity index (χ4n) is 5.82. The van der Waals surface area contributed by atoms with Crippen molar-refractivity contribution in [1.82, 2.24) is 19.8 Å². The number of nitrogens with zero attached hydrogens (tertiary/aromatic N) is 3. The van der Waals surface area contributed by atoms with Crippen molar-refractivity contribution < 1.29 is 13.2 Å². The number of pyridine rings is 1. The van der Waals surface area contributed by atoms with Crippen molar-refractivity contribution in [2.75, 3.05) is 0 Å². The van der Waals surface area contributed by atoms with Gasteiger partial charge in [0.2, 0.25) is 0 Å². The molecule has 0 spiro atoms. The fourth-order valence-corrected chi connectivity index (χ4v) is 6.21. The Kier molecular flexibility index (Phi) is 6.34. The lowest BCUT2D eigenvalue weighted by molar-refractivity contribution is -0.137. The van der Waals surface area contributed by atoms with Gasteiger partial charge >= 0.3 is 6.18 Å². The molecule has 0 bridgehead atoms. The fraction of sp³-hybridized carbons (Fsp3) is 0.407. The van der Waals surface area contributed by atoms with E-state index in [0.717, 1.165) is 54.4 Å². The molecule has 8 heteroatoms. The average Bonchev–Trinajstić information content (AvgIpc) is 3.34. The summed E-state index contributed by atoms with van der Waals surface area (Å²) in [5.41, 5.74) is 2.91. The molecule has 1 saturated heterocycles. The van der Waals surface area contributed by atoms with Gasteiger partial charge in [-0.15, -0.1) is 0 Å². The normalized spacial score (nSPS) is 21.4. The number of hydrogen-bond acceptors (Lipinski definition) is 2. The van der Waals surface area contributed by atoms with E-state index in [2.05, 4.69) is 15.2 Å². The summed E-state index contributed by atoms with van der Waals surface area (Å²) in [7, 11) is 0. The zero-order chi connectivity index (χ0) is 24.7. The Morgan fingerprint density at radius 1 is 1.00 bits per heavy atom. The Balaban J connectivity index is 1.65. The van der Waals surface area contributed by atoms with Crippen molar-refractivity contribution in [2.24, 2.45) is 0 Å². The number of benzene rings is 1. The molecule has 3 aromatic rings. The molecule has 2 unspecified atom stereocenters. The lowest BCUT2D eigenvalue weighted by Gasteiger charge is -2.37. The highest BCUT2D eigenvalue weighted by Crippen LogP contribution is 2.45. The van der Waals surface area contributed by atoms with Gasteiger partial charge in [-0.2, -0.15) is 13.2 Å². The minimum atomic E-state index is -4.44. The number of hydrogen-bond donors (Lipinski definition) is 1. The zero-order valence-corrected chi connectivity index (χ0v) is 20.7. The molecule has 5 rings (SSSR count). The van der Waals surface area contributed by atoms with Crippen molar-refractivity contribution in [3.05, 3.63) is 82.9 Å². The van der Waals surface area contributed by atoms with E-state index < -0.39 is 11.7 Å². The molecule has 0 amide bonds. The summed E-state index contributed by atoms with van der Waals surface area (Å²) in [6.45, 7) is 3.77. The number of aromatic nitrogens is 2. The predicted molar refractivity (Wildman–Crippen MR) is 134 cm³/mol. The summed E-state index contributed by atoms with van der Waals surface area (Å²) in [5, 5.41) is 4.20. The summed E-state index contributed by atoms with van der Waals surface area (Å²) in [5.74, 6) is 0. The van der Waals surface area contributed by atoms with Crippen LogP contribution in [0.3, 0.4) is 0 Å². The molecular formula is C27H29F3N4S. The minimum absolute atomic E-state index is 0.147. The summed E-state index contributed by atoms with van der Waals surface area (Å²) in [6.07, 6.45) is 2.98. The van der Waals surface area contributed by atoms with E-state index in [1.54, 1.807) is 22.9 Å². The molecule has 184 valence electrons. The van der Waals surface area contributed by atoms with Crippen LogP contribution in [-0.2, 0) is 6.18 Å². The SMILES string of the molecule is Cc1cc(C2C(c3ccccn3)NC(=S)N2C2CCCCC2)c(C)n1-c1ccccc1C(F)(F)F. The van der Waals surface area contributed by atoms with Gasteiger partial charge in [0, 0.05) is 23.6 Å². The van der Waals surface area contributed by atoms with Crippen molar-refractivity contribution in [1.29, 1.82) is 0 Å². The van der Waals surface area contributed by atoms with Crippen LogP contribution in [0, 0.1) is 13.8 Å². The Bertz CT molecular complexity index is 1210. The van der Waals surface area contributed by atoms with Gasteiger partial charge in [0.25, 0.3) is 0 Å². The summed E-state index contributed by atoms with van der Waals surface area (Å²) >= 11 is 5.85. The van der Waals surface area contributed by atoms with E-state index in [1.807, 2.05) is 38.1 Å². The number of aryl methyl sites for hydroxylation is 1. The molecule has 0 radical (unpaired) electrons. The topological polar surface area (TPSA) is 33.1 Å². The molecule has 1 saturated carbocycles. The van der Waals surface area contributed by atoms with Crippen LogP contribution in [0.1, 0.15) is 72.4 Å². The maximum absolute atomic E-state index is 13.9. The number of halogens is 3. The number of rotatable bonds is 4. The molecule has 2 aliphatic rings. The number of para-hydroxylation sites is 1. The molecule has 4 nitrogen and oxygen atoms in total. The maximum atomic E-state index is 13.9. The van der Waals surface area contributed by atoms with Crippen molar-refractivity contribution >= 4 is 17.3 Å². The highest BCUT2D eigenvalue weighted by molar-refractivity contribution is 7.80. The van der Waals surface area contributed by atoms with Gasteiger partial charge in [0.1, 0.15) is 0 Å². The first-order valence-electron chi connectivity index (χ1n) is 12.1. The second-order valence-corrected chi connectivity index (χ2v) is 9.89. The third-order valence-corrected chi connectivity index (χ3v) is 7.67. The highest BCUT2D eigenvalue weighted by Gasteiger charge is 2.44. The van der Waals surface area contributed by atoms with Crippen LogP contribution in [0.4, 0.5) is 13.2 Å². The third kappa shape index (κ3) is 4.33. The smallest absolute Gasteiger partial charge is 0.352 e. The highest BCUT2D eigenvalue weighted by atomic mass is 32.1. The predicted octanol–water partition coefficient (Wildman–Crippen LogP) is 6.81. The summed E-state index contributed by atoms with van der Waals surface area (Å²) in [4.78, 5) is 6.91. The van der Waals surface area contributed by atoms with Gasteiger partial charge in [-0.1, -0.05) is 37.5 Å². The van der Waals surface area contributed by atoms with Crippen LogP contribution in [-0.4, -0.2) is 25.6 Å². The average molecular weight is 499 g/mol. The van der Waals surface area contributed by atoms with Gasteiger partial charge in [-0.3, -0.25) is 4.98 Å². The van der Waals surface area contributed by atoms with Gasteiger partial charge < -0.3 is 14.8 Å². The Hall–Kier alpha value is -2.87. The first kappa shape index (κ1) is 23.9. The maximum Gasteiger partial charge on any atom is 0.418 e. The molecule has 2 fully saturated rings. The van der Waals surface area contributed by atoms with Crippen LogP contribution in [0.25, 0.3) is 5.69 Å². The number of alkyl halides is 3. The van der Waals surface area contributed by atoms with Crippen molar-refractivity contribution in [3.8, 4) is 5.69 Å². The van der Waals surface area contributed by atoms with E-state index in [4.69, 9.17) is 12.2 Å². The van der Waals surface area contributed by atoms with E-state index in [0.29, 0.717) is 11.2 Å². The molecule has 35 heavy (non-hydrogen) atoms. The lowest BCUT2D eigenvalue weighted by atomic mass is 9.90. The third-order valence-electron chi connectivity index (χ3n) is 7.34. The quantitative estimate of drug-likeness (QED) is 0.401. The van der Waals surface area contributed by atoms with Crippen molar-refractivity contribution in [3.63, 3.8) is 0 Å². The molecule has 1 aromatic carbocycles. The van der Waals surface area contributed by atoms with Gasteiger partial charge in [-0.25, -0.2) is 0 Å². The van der Waals surface area contributed by atoms with Gasteiger partial charge in [0.05, 0.1) is 29.0 Å². The molecule has 1 N–H and O–H groups in total. The standard InChI is InChI=1S/C27H29F3N4S/c1-17-16-20(18(2)33(17)23-14-7-6-12-21(23)27(28,29)30)25-24(22-13-8-9-15-31-22)32-26(35)34(25)19-10-4-3-5-11-19/h6-9,12-16,19,24-25H,3-5,10-11H2,1-2H3,(H,32,35). The minimum Gasteiger partial charge on any atom is -0.352 e. The van der Waals surface area contributed by atoms with Crippen LogP contribution in [0.2, 0.25) is 0 Å². The summed E-state index contributed by atoms with van der Waals surface area (Å²) in [6, 6.07) is 13.6. The van der Waals surface area contributed by atoms with Crippen LogP contribution in [0.5, 0.6) is 0 Å². The van der Waals surface area contributed by atoms with Gasteiger partial charge in [-0.05, 0) is 74.8 Å². The van der Waals surface area contributed by atoms with Gasteiger partial charge in [0.15, 0.2) is 5.11 Å². The number of thiocarbonyl (C=S) groups is 1. The Morgan fingerprint density at radius 3 is 2.40 bits per heavy atom. The Labute approximate surface area is 209 Å². The molecular weight excluding hydrogens is 469 g/mol. The van der Waals surface area contributed by atoms with E-state index in [-0.39, 0.29) is 17.8 Å². The molecule has 1 aliphatic heterocycles. The van der Waals surface area contributed by atoms with E-state index in [1.165, 1.54) is 12.5 Å². The van der Waals surface area contributed by atoms with Crippen molar-refractivity contribution in [2.45, 2.75) is 70.3 Å². The largest absolute Gasteiger partial charge is 0.418 e. The first-order chi connectivity index (χ1) is 16.8. The van der Waals surface area contributed by atoms with E-state index in [9.17, 15) is 13.2 Å². The monoisotopic (exact) mass is 498 g/mol. The molecule has 1 aliphatic carbocycles. The zero-order valence-electron chi connectivity index (χ0n) is 19.8. The second-order valence-electron chi connectivity index (χ2n) is 9.50. The van der Waals surface area contributed by atoms with Crippen LogP contribution < -0.4 is 5.32 Å². The van der Waals surface area contributed by atoms with Crippen LogP contribution >= 0.6 is 12.2 Å². The van der Waals surface area contributed by atoms with Crippen LogP contribution in [0.15, 0.2) is 54.7 Å². The Morgan fingerprint density at radius 2 is 1.71 bits per heavy atom. The molecule has 2 aromatic heterocycles. The molecule has 2 atom stereocenters.